The normalized spacial score (nSPS) is 13.2. The summed E-state index contributed by atoms with van der Waals surface area (Å²) in [6, 6.07) is 16.1. The second-order valence-corrected chi connectivity index (χ2v) is 9.34. The van der Waals surface area contributed by atoms with E-state index < -0.39 is 0 Å². The molecule has 2 amide bonds. The van der Waals surface area contributed by atoms with Gasteiger partial charge in [0, 0.05) is 36.5 Å². The van der Waals surface area contributed by atoms with Crippen molar-refractivity contribution in [1.82, 2.24) is 19.4 Å². The van der Waals surface area contributed by atoms with Crippen LogP contribution in [0.1, 0.15) is 24.0 Å². The summed E-state index contributed by atoms with van der Waals surface area (Å²) < 4.78 is 1.90. The van der Waals surface area contributed by atoms with Crippen LogP contribution < -0.4 is 5.32 Å². The van der Waals surface area contributed by atoms with E-state index in [2.05, 4.69) is 31.3 Å². The minimum Gasteiger partial charge on any atom is -0.332 e. The van der Waals surface area contributed by atoms with Crippen LogP contribution in [0.2, 0.25) is 0 Å². The minimum absolute atomic E-state index is 0.0175. The molecule has 1 fully saturated rings. The number of rotatable bonds is 9. The van der Waals surface area contributed by atoms with Gasteiger partial charge in [0.25, 0.3) is 0 Å². The summed E-state index contributed by atoms with van der Waals surface area (Å²) in [5.41, 5.74) is 5.03. The average Bonchev–Trinajstić information content (AvgIpc) is 3.59. The molecule has 0 atom stereocenters. The van der Waals surface area contributed by atoms with Crippen LogP contribution in [-0.4, -0.2) is 64.9 Å². The maximum Gasteiger partial charge on any atom is 0.246 e. The molecule has 1 saturated carbocycles. The molecule has 0 unspecified atom stereocenters. The number of hydrogen-bond acceptors (Lipinski definition) is 4. The highest BCUT2D eigenvalue weighted by Crippen LogP contribution is 2.31. The van der Waals surface area contributed by atoms with Crippen LogP contribution >= 0.6 is 0 Å². The van der Waals surface area contributed by atoms with Gasteiger partial charge in [-0.15, -0.1) is 0 Å². The van der Waals surface area contributed by atoms with Gasteiger partial charge in [-0.05, 0) is 64.0 Å². The molecule has 178 valence electrons. The lowest BCUT2D eigenvalue weighted by Gasteiger charge is -2.24. The number of amides is 2. The number of imidazole rings is 1. The first-order valence-corrected chi connectivity index (χ1v) is 11.8. The molecular weight excluding hydrogens is 426 g/mol. The highest BCUT2D eigenvalue weighted by Gasteiger charge is 2.34. The molecule has 1 heterocycles. The first-order valence-electron chi connectivity index (χ1n) is 11.8. The second kappa shape index (κ2) is 10.2. The van der Waals surface area contributed by atoms with Gasteiger partial charge in [-0.25, -0.2) is 4.98 Å². The molecule has 1 aliphatic carbocycles. The van der Waals surface area contributed by atoms with Crippen molar-refractivity contribution in [3.8, 4) is 16.9 Å². The molecule has 0 saturated heterocycles. The third-order valence-electron chi connectivity index (χ3n) is 6.19. The van der Waals surface area contributed by atoms with Gasteiger partial charge in [0.1, 0.15) is 0 Å². The molecule has 0 aliphatic heterocycles. The molecule has 4 rings (SSSR count). The molecule has 1 N–H and O–H groups in total. The molecule has 7 nitrogen and oxygen atoms in total. The summed E-state index contributed by atoms with van der Waals surface area (Å²) in [6.07, 6.45) is 3.77. The van der Waals surface area contributed by atoms with E-state index in [0.29, 0.717) is 19.0 Å². The highest BCUT2D eigenvalue weighted by atomic mass is 16.2. The minimum atomic E-state index is -0.247. The average molecular weight is 460 g/mol. The molecule has 1 aliphatic rings. The molecule has 7 heteroatoms. The van der Waals surface area contributed by atoms with Gasteiger partial charge in [0.2, 0.25) is 17.8 Å². The van der Waals surface area contributed by atoms with E-state index in [1.165, 1.54) is 5.56 Å². The number of aryl methyl sites for hydroxylation is 2. The lowest BCUT2D eigenvalue weighted by molar-refractivity contribution is -0.136. The first-order chi connectivity index (χ1) is 16.3. The monoisotopic (exact) mass is 459 g/mol. The van der Waals surface area contributed by atoms with Gasteiger partial charge in [-0.1, -0.05) is 36.4 Å². The van der Waals surface area contributed by atoms with Crippen molar-refractivity contribution in [2.24, 2.45) is 5.92 Å². The molecule has 2 aromatic carbocycles. The number of carbonyl (C=O) groups excluding carboxylic acids is 2. The maximum atomic E-state index is 13.1. The molecule has 3 aromatic rings. The molecule has 34 heavy (non-hydrogen) atoms. The van der Waals surface area contributed by atoms with E-state index in [-0.39, 0.29) is 24.3 Å². The predicted molar refractivity (Wildman–Crippen MR) is 135 cm³/mol. The first kappa shape index (κ1) is 23.7. The fourth-order valence-electron chi connectivity index (χ4n) is 3.80. The summed E-state index contributed by atoms with van der Waals surface area (Å²) in [5, 5.41) is 2.97. The largest absolute Gasteiger partial charge is 0.332 e. The Morgan fingerprint density at radius 3 is 2.41 bits per heavy atom. The Morgan fingerprint density at radius 2 is 1.76 bits per heavy atom. The number of anilines is 1. The Bertz CT molecular complexity index is 1170. The van der Waals surface area contributed by atoms with Crippen LogP contribution in [0.25, 0.3) is 16.9 Å². The molecule has 0 spiro atoms. The number of aromatic nitrogens is 2. The van der Waals surface area contributed by atoms with E-state index in [4.69, 9.17) is 4.98 Å². The Labute approximate surface area is 201 Å². The number of nitrogens with zero attached hydrogens (tertiary/aromatic N) is 4. The Morgan fingerprint density at radius 1 is 1.03 bits per heavy atom. The van der Waals surface area contributed by atoms with Crippen molar-refractivity contribution in [3.05, 3.63) is 65.9 Å². The molecule has 1 aromatic heterocycles. The van der Waals surface area contributed by atoms with Crippen molar-refractivity contribution in [3.63, 3.8) is 0 Å². The van der Waals surface area contributed by atoms with Crippen LogP contribution in [0.15, 0.2) is 54.7 Å². The Kier molecular flexibility index (Phi) is 7.12. The lowest BCUT2D eigenvalue weighted by Crippen LogP contribution is -2.42. The van der Waals surface area contributed by atoms with Crippen LogP contribution in [0.4, 0.5) is 5.95 Å². The standard InChI is InChI=1S/C27H33N5O2/c1-19-10-13-23(16-20(19)2)32-17-24(21-8-6-5-7-9-21)28-27(32)29-25(33)18-31(15-14-30(3)4)26(34)22-11-12-22/h5-10,13,16-17,22H,11-12,14-15,18H2,1-4H3,(H,28,29,33). The van der Waals surface area contributed by atoms with Gasteiger partial charge in [0.15, 0.2) is 0 Å². The summed E-state index contributed by atoms with van der Waals surface area (Å²) >= 11 is 0. The van der Waals surface area contributed by atoms with Crippen molar-refractivity contribution < 1.29 is 9.59 Å². The van der Waals surface area contributed by atoms with Crippen molar-refractivity contribution >= 4 is 17.8 Å². The summed E-state index contributed by atoms with van der Waals surface area (Å²) in [4.78, 5) is 34.3. The zero-order valence-corrected chi connectivity index (χ0v) is 20.4. The Balaban J connectivity index is 1.60. The highest BCUT2D eigenvalue weighted by molar-refractivity contribution is 5.94. The molecule has 0 bridgehead atoms. The number of hydrogen-bond donors (Lipinski definition) is 1. The smallest absolute Gasteiger partial charge is 0.246 e. The number of carbonyl (C=O) groups is 2. The topological polar surface area (TPSA) is 70.5 Å². The van der Waals surface area contributed by atoms with Crippen molar-refractivity contribution in [2.75, 3.05) is 39.0 Å². The van der Waals surface area contributed by atoms with Crippen LogP contribution in [0, 0.1) is 19.8 Å². The van der Waals surface area contributed by atoms with E-state index >= 15 is 0 Å². The zero-order chi connectivity index (χ0) is 24.2. The SMILES string of the molecule is Cc1ccc(-n2cc(-c3ccccc3)nc2NC(=O)CN(CCN(C)C)C(=O)C2CC2)cc1C. The van der Waals surface area contributed by atoms with E-state index in [1.54, 1.807) is 4.90 Å². The maximum absolute atomic E-state index is 13.1. The number of nitrogens with one attached hydrogen (secondary N) is 1. The van der Waals surface area contributed by atoms with E-state index in [1.807, 2.05) is 66.2 Å². The summed E-state index contributed by atoms with van der Waals surface area (Å²) in [6.45, 7) is 5.39. The third kappa shape index (κ3) is 5.72. The van der Waals surface area contributed by atoms with Gasteiger partial charge in [0.05, 0.1) is 12.2 Å². The third-order valence-corrected chi connectivity index (χ3v) is 6.19. The van der Waals surface area contributed by atoms with Crippen molar-refractivity contribution in [1.29, 1.82) is 0 Å². The van der Waals surface area contributed by atoms with E-state index in [0.717, 1.165) is 35.3 Å². The van der Waals surface area contributed by atoms with Crippen LogP contribution in [0.5, 0.6) is 0 Å². The van der Waals surface area contributed by atoms with E-state index in [9.17, 15) is 9.59 Å². The lowest BCUT2D eigenvalue weighted by atomic mass is 10.1. The quantitative estimate of drug-likeness (QED) is 0.527. The molecular formula is C27H33N5O2. The van der Waals surface area contributed by atoms with Crippen LogP contribution in [0.3, 0.4) is 0 Å². The van der Waals surface area contributed by atoms with Crippen LogP contribution in [-0.2, 0) is 9.59 Å². The Hall–Kier alpha value is -3.45. The van der Waals surface area contributed by atoms with Gasteiger partial charge in [-0.3, -0.25) is 19.5 Å². The number of benzene rings is 2. The van der Waals surface area contributed by atoms with Gasteiger partial charge < -0.3 is 9.80 Å². The fraction of sp³-hybridized carbons (Fsp3) is 0.370. The molecule has 0 radical (unpaired) electrons. The second-order valence-electron chi connectivity index (χ2n) is 9.34. The predicted octanol–water partition coefficient (Wildman–Crippen LogP) is 3.89. The zero-order valence-electron chi connectivity index (χ0n) is 20.4. The summed E-state index contributed by atoms with van der Waals surface area (Å²) in [7, 11) is 3.93. The van der Waals surface area contributed by atoms with Crippen molar-refractivity contribution in [2.45, 2.75) is 26.7 Å². The van der Waals surface area contributed by atoms with Gasteiger partial charge >= 0.3 is 0 Å². The van der Waals surface area contributed by atoms with Gasteiger partial charge in [-0.2, -0.15) is 0 Å². The number of likely N-dealkylation sites (N-methyl/N-ethyl adjacent to an activating group) is 1. The fourth-order valence-corrected chi connectivity index (χ4v) is 3.80. The summed E-state index contributed by atoms with van der Waals surface area (Å²) in [5.74, 6) is 0.332.